The maximum atomic E-state index is 6.51. The van der Waals surface area contributed by atoms with Crippen LogP contribution in [0.2, 0.25) is 0 Å². The average molecular weight is 318 g/mol. The second-order valence-corrected chi connectivity index (χ2v) is 7.63. The van der Waals surface area contributed by atoms with E-state index < -0.39 is 0 Å². The molecular formula is C19H11B6N. The lowest BCUT2D eigenvalue weighted by Gasteiger charge is -2.39. The Labute approximate surface area is 161 Å². The van der Waals surface area contributed by atoms with Crippen molar-refractivity contribution in [3.8, 4) is 0 Å². The van der Waals surface area contributed by atoms with Crippen LogP contribution >= 0.6 is 0 Å². The predicted octanol–water partition coefficient (Wildman–Crippen LogP) is -2.09. The molecule has 1 nitrogen and oxygen atoms in total. The Kier molecular flexibility index (Phi) is 3.52. The first-order valence-electron chi connectivity index (χ1n) is 8.96. The number of benzene rings is 2. The number of aromatic nitrogens is 1. The molecule has 0 unspecified atom stereocenters. The Bertz CT molecular complexity index is 1120. The van der Waals surface area contributed by atoms with Crippen molar-refractivity contribution in [2.75, 3.05) is 0 Å². The summed E-state index contributed by atoms with van der Waals surface area (Å²) in [5, 5.41) is 2.12. The lowest BCUT2D eigenvalue weighted by molar-refractivity contribution is 0.360. The smallest absolute Gasteiger partial charge is 0.113 e. The molecule has 110 valence electrons. The average Bonchev–Trinajstić information content (AvgIpc) is 2.67. The van der Waals surface area contributed by atoms with Crippen molar-refractivity contribution in [2.45, 2.75) is 37.5 Å². The molecule has 1 aromatic heterocycles. The Hall–Kier alpha value is -1.50. The van der Waals surface area contributed by atoms with Gasteiger partial charge in [0.05, 0.1) is 5.52 Å². The van der Waals surface area contributed by atoms with Crippen molar-refractivity contribution in [1.82, 2.24) is 4.98 Å². The van der Waals surface area contributed by atoms with Crippen LogP contribution in [0.1, 0.15) is 48.6 Å². The summed E-state index contributed by atoms with van der Waals surface area (Å²) in [6.45, 7) is 0. The highest BCUT2D eigenvalue weighted by atomic mass is 14.7. The van der Waals surface area contributed by atoms with Crippen molar-refractivity contribution < 1.29 is 0 Å². The van der Waals surface area contributed by atoms with Crippen molar-refractivity contribution in [3.05, 3.63) is 17.3 Å². The number of hydrogen-bond acceptors (Lipinski definition) is 1. The zero-order valence-corrected chi connectivity index (χ0v) is 14.5. The quantitative estimate of drug-likeness (QED) is 0.342. The van der Waals surface area contributed by atoms with Crippen molar-refractivity contribution in [3.63, 3.8) is 0 Å². The lowest BCUT2D eigenvalue weighted by atomic mass is 9.60. The predicted molar refractivity (Wildman–Crippen MR) is 116 cm³/mol. The van der Waals surface area contributed by atoms with Crippen LogP contribution in [0.5, 0.6) is 0 Å². The van der Waals surface area contributed by atoms with E-state index in [-0.39, 0.29) is 10.9 Å². The fraction of sp³-hybridized carbons (Fsp3) is 0.316. The first-order chi connectivity index (χ1) is 12.4. The van der Waals surface area contributed by atoms with E-state index in [1.807, 2.05) is 6.20 Å². The summed E-state index contributed by atoms with van der Waals surface area (Å²) in [4.78, 5) is 4.75. The Morgan fingerprint density at radius 3 is 1.77 bits per heavy atom. The van der Waals surface area contributed by atoms with Crippen LogP contribution in [0.3, 0.4) is 0 Å². The monoisotopic (exact) mass is 319 g/mol. The Morgan fingerprint density at radius 1 is 0.615 bits per heavy atom. The number of fused-ring (bicyclic) bond motifs is 5. The lowest BCUT2D eigenvalue weighted by Crippen LogP contribution is -2.50. The molecule has 6 rings (SSSR count). The molecule has 0 aliphatic heterocycles. The first kappa shape index (κ1) is 16.7. The SMILES string of the molecule is [B]c1c([B])c([B])c2c(c1[B])c([B])c([B])c1c3c(cnc12)C1CCC3CC1. The van der Waals surface area contributed by atoms with Gasteiger partial charge in [-0.15, -0.1) is 10.9 Å². The highest BCUT2D eigenvalue weighted by Gasteiger charge is 2.35. The summed E-state index contributed by atoms with van der Waals surface area (Å²) < 4.78 is 0. The van der Waals surface area contributed by atoms with Gasteiger partial charge in [-0.25, -0.2) is 0 Å². The summed E-state index contributed by atoms with van der Waals surface area (Å²) in [5.41, 5.74) is 5.39. The summed E-state index contributed by atoms with van der Waals surface area (Å²) in [6.07, 6.45) is 6.76. The Morgan fingerprint density at radius 2 is 1.12 bits per heavy atom. The molecule has 2 bridgehead atoms. The second-order valence-electron chi connectivity index (χ2n) is 7.63. The fourth-order valence-electron chi connectivity index (χ4n) is 5.08. The molecule has 3 aliphatic carbocycles. The van der Waals surface area contributed by atoms with Gasteiger partial charge in [-0.3, -0.25) is 4.98 Å². The van der Waals surface area contributed by atoms with Gasteiger partial charge in [0.1, 0.15) is 47.1 Å². The molecule has 3 aromatic rings. The van der Waals surface area contributed by atoms with Crippen LogP contribution in [-0.4, -0.2) is 52.1 Å². The third-order valence-corrected chi connectivity index (χ3v) is 6.45. The number of pyridine rings is 1. The van der Waals surface area contributed by atoms with E-state index in [0.717, 1.165) is 5.39 Å². The molecule has 0 saturated heterocycles. The van der Waals surface area contributed by atoms with Crippen LogP contribution in [-0.2, 0) is 0 Å². The maximum Gasteiger partial charge on any atom is 0.113 e. The molecule has 12 radical (unpaired) electrons. The van der Waals surface area contributed by atoms with Gasteiger partial charge in [-0.1, -0.05) is 21.9 Å². The normalized spacial score (nSPS) is 21.4. The number of hydrogen-bond donors (Lipinski definition) is 0. The van der Waals surface area contributed by atoms with Gasteiger partial charge in [0.15, 0.2) is 0 Å². The molecule has 0 N–H and O–H groups in total. The van der Waals surface area contributed by atoms with Gasteiger partial charge in [0.25, 0.3) is 0 Å². The first-order valence-corrected chi connectivity index (χ1v) is 8.96. The van der Waals surface area contributed by atoms with Crippen molar-refractivity contribution in [1.29, 1.82) is 0 Å². The summed E-state index contributed by atoms with van der Waals surface area (Å²) in [6, 6.07) is 0. The molecule has 0 spiro atoms. The molecule has 1 saturated carbocycles. The minimum atomic E-state index is 0.234. The van der Waals surface area contributed by atoms with Gasteiger partial charge in [0, 0.05) is 6.20 Å². The minimum absolute atomic E-state index is 0.234. The van der Waals surface area contributed by atoms with Crippen molar-refractivity contribution >= 4 is 102 Å². The van der Waals surface area contributed by atoms with Gasteiger partial charge in [0.2, 0.25) is 0 Å². The molecule has 0 atom stereocenters. The molecule has 2 aromatic carbocycles. The molecule has 7 heteroatoms. The molecule has 3 aliphatic rings. The van der Waals surface area contributed by atoms with Crippen LogP contribution in [0.15, 0.2) is 6.20 Å². The third-order valence-electron chi connectivity index (χ3n) is 6.45. The van der Waals surface area contributed by atoms with E-state index in [0.29, 0.717) is 50.0 Å². The van der Waals surface area contributed by atoms with Gasteiger partial charge < -0.3 is 0 Å². The Balaban J connectivity index is 2.05. The van der Waals surface area contributed by atoms with E-state index in [9.17, 15) is 0 Å². The van der Waals surface area contributed by atoms with Crippen LogP contribution < -0.4 is 32.8 Å². The largest absolute Gasteiger partial charge is 0.255 e. The van der Waals surface area contributed by atoms with E-state index in [4.69, 9.17) is 52.1 Å². The van der Waals surface area contributed by atoms with E-state index in [1.54, 1.807) is 0 Å². The van der Waals surface area contributed by atoms with E-state index >= 15 is 0 Å². The minimum Gasteiger partial charge on any atom is -0.255 e. The molecule has 1 heterocycles. The summed E-state index contributed by atoms with van der Waals surface area (Å²) >= 11 is 0. The maximum absolute atomic E-state index is 6.51. The van der Waals surface area contributed by atoms with Gasteiger partial charge >= 0.3 is 0 Å². The molecule has 0 amide bonds. The zero-order chi connectivity index (χ0) is 18.3. The van der Waals surface area contributed by atoms with Gasteiger partial charge in [-0.05, 0) is 64.8 Å². The zero-order valence-electron chi connectivity index (χ0n) is 14.5. The molecular weight excluding hydrogens is 307 g/mol. The topological polar surface area (TPSA) is 12.9 Å². The highest BCUT2D eigenvalue weighted by Crippen LogP contribution is 2.50. The van der Waals surface area contributed by atoms with E-state index in [2.05, 4.69) is 0 Å². The second kappa shape index (κ2) is 5.50. The number of nitrogens with zero attached hydrogens (tertiary/aromatic N) is 1. The highest BCUT2D eigenvalue weighted by molar-refractivity contribution is 6.70. The van der Waals surface area contributed by atoms with Crippen LogP contribution in [0, 0.1) is 0 Å². The fourth-order valence-corrected chi connectivity index (χ4v) is 5.08. The van der Waals surface area contributed by atoms with Crippen LogP contribution in [0.25, 0.3) is 21.7 Å². The van der Waals surface area contributed by atoms with Crippen LogP contribution in [0.4, 0.5) is 0 Å². The number of rotatable bonds is 0. The summed E-state index contributed by atoms with van der Waals surface area (Å²) in [7, 11) is 37.6. The van der Waals surface area contributed by atoms with Gasteiger partial charge in [-0.2, -0.15) is 0 Å². The third kappa shape index (κ3) is 1.93. The summed E-state index contributed by atoms with van der Waals surface area (Å²) in [5.74, 6) is 1.05. The standard InChI is InChI=1S/C19H11B6N/c20-13-10-12(16(23)18(25)17(24)14(10)21)19-11(15(13)22)9-7-3-1-6(2-4-7)8(9)5-26-19/h5-7H,1-4H2. The van der Waals surface area contributed by atoms with Crippen molar-refractivity contribution in [2.24, 2.45) is 0 Å². The molecule has 1 fully saturated rings. The molecule has 26 heavy (non-hydrogen) atoms. The van der Waals surface area contributed by atoms with E-state index in [1.165, 1.54) is 36.8 Å².